The molecule has 1 saturated heterocycles. The molecule has 2 aromatic rings. The Kier molecular flexibility index (Phi) is 8.76. The first-order valence-corrected chi connectivity index (χ1v) is 13.5. The van der Waals surface area contributed by atoms with Gasteiger partial charge in [-0.25, -0.2) is 26.8 Å². The van der Waals surface area contributed by atoms with Crippen molar-refractivity contribution in [2.75, 3.05) is 6.54 Å². The summed E-state index contributed by atoms with van der Waals surface area (Å²) in [4.78, 5) is 36.8. The van der Waals surface area contributed by atoms with Crippen molar-refractivity contribution in [2.24, 2.45) is 0 Å². The number of aliphatic carboxylic acids is 1. The van der Waals surface area contributed by atoms with E-state index in [9.17, 15) is 36.7 Å². The highest BCUT2D eigenvalue weighted by atomic mass is 32.3. The number of carboxylic acid groups (broad SMARTS) is 1. The summed E-state index contributed by atoms with van der Waals surface area (Å²) in [6.07, 6.45) is 0. The molecule has 37 heavy (non-hydrogen) atoms. The van der Waals surface area contributed by atoms with Crippen LogP contribution in [0.15, 0.2) is 53.4 Å². The molecule has 1 fully saturated rings. The Hall–Kier alpha value is -3.23. The summed E-state index contributed by atoms with van der Waals surface area (Å²) in [7, 11) is -3.84. The van der Waals surface area contributed by atoms with Crippen LogP contribution >= 0.6 is 11.8 Å². The molecule has 1 aliphatic heterocycles. The number of thioether (sulfide) groups is 1. The first-order valence-electron chi connectivity index (χ1n) is 11.0. The molecule has 5 N–H and O–H groups in total. The van der Waals surface area contributed by atoms with E-state index < -0.39 is 74.0 Å². The number of halogens is 2. The smallest absolute Gasteiger partial charge is 0.328 e. The predicted molar refractivity (Wildman–Crippen MR) is 132 cm³/mol. The zero-order chi connectivity index (χ0) is 27.4. The van der Waals surface area contributed by atoms with Crippen LogP contribution in [0.25, 0.3) is 0 Å². The summed E-state index contributed by atoms with van der Waals surface area (Å²) in [6.45, 7) is 2.28. The Balaban J connectivity index is 1.60. The summed E-state index contributed by atoms with van der Waals surface area (Å²) < 4.78 is 51.3. The maximum absolute atomic E-state index is 13.7. The number of urea groups is 1. The van der Waals surface area contributed by atoms with Gasteiger partial charge in [-0.3, -0.25) is 10.1 Å². The standard InChI is InChI=1S/C23H26F2N4O6S2/c1-23(2)18(29-22(36-23)37(34,35)13-7-4-3-5-8-13)19(30)28-17(20(31)32)12-27-21(33)26-11-14-15(24)9-6-10-16(14)25/h3-10,17-18,22,29H,11-12H2,1-2H3,(H,28,30)(H,31,32)(H2,26,27,33). The van der Waals surface area contributed by atoms with Gasteiger partial charge < -0.3 is 21.1 Å². The van der Waals surface area contributed by atoms with E-state index in [-0.39, 0.29) is 10.5 Å². The van der Waals surface area contributed by atoms with E-state index in [1.807, 2.05) is 0 Å². The highest BCUT2D eigenvalue weighted by Crippen LogP contribution is 2.41. The van der Waals surface area contributed by atoms with E-state index in [2.05, 4.69) is 21.3 Å². The largest absolute Gasteiger partial charge is 0.480 e. The van der Waals surface area contributed by atoms with Crippen molar-refractivity contribution in [1.82, 2.24) is 21.3 Å². The highest BCUT2D eigenvalue weighted by Gasteiger charge is 2.50. The van der Waals surface area contributed by atoms with E-state index in [1.54, 1.807) is 32.0 Å². The first-order chi connectivity index (χ1) is 17.3. The summed E-state index contributed by atoms with van der Waals surface area (Å²) in [6, 6.07) is 7.40. The molecule has 14 heteroatoms. The number of carbonyl (C=O) groups excluding carboxylic acids is 2. The molecule has 3 rings (SSSR count). The molecule has 0 radical (unpaired) electrons. The van der Waals surface area contributed by atoms with Crippen LogP contribution in [0.4, 0.5) is 13.6 Å². The average Bonchev–Trinajstić information content (AvgIpc) is 3.17. The monoisotopic (exact) mass is 556 g/mol. The third kappa shape index (κ3) is 6.76. The molecule has 1 aliphatic rings. The minimum Gasteiger partial charge on any atom is -0.480 e. The van der Waals surface area contributed by atoms with Gasteiger partial charge in [0.1, 0.15) is 23.7 Å². The second kappa shape index (κ2) is 11.4. The van der Waals surface area contributed by atoms with Crippen molar-refractivity contribution >= 4 is 39.5 Å². The zero-order valence-electron chi connectivity index (χ0n) is 19.8. The second-order valence-corrected chi connectivity index (χ2v) is 12.8. The minimum atomic E-state index is -3.84. The van der Waals surface area contributed by atoms with Crippen LogP contribution in [0.3, 0.4) is 0 Å². The van der Waals surface area contributed by atoms with E-state index >= 15 is 0 Å². The van der Waals surface area contributed by atoms with Gasteiger partial charge in [-0.2, -0.15) is 0 Å². The average molecular weight is 557 g/mol. The summed E-state index contributed by atoms with van der Waals surface area (Å²) in [5.74, 6) is -3.93. The van der Waals surface area contributed by atoms with Crippen LogP contribution in [0.5, 0.6) is 0 Å². The molecule has 10 nitrogen and oxygen atoms in total. The van der Waals surface area contributed by atoms with E-state index in [1.165, 1.54) is 18.2 Å². The fraction of sp³-hybridized carbons (Fsp3) is 0.348. The Morgan fingerprint density at radius 1 is 1.05 bits per heavy atom. The van der Waals surface area contributed by atoms with Crippen LogP contribution in [0.1, 0.15) is 19.4 Å². The van der Waals surface area contributed by atoms with Gasteiger partial charge >= 0.3 is 12.0 Å². The Bertz CT molecular complexity index is 1260. The Labute approximate surface area is 216 Å². The lowest BCUT2D eigenvalue weighted by molar-refractivity contribution is -0.142. The number of hydrogen-bond acceptors (Lipinski definition) is 7. The number of nitrogens with one attached hydrogen (secondary N) is 4. The molecule has 3 amide bonds. The van der Waals surface area contributed by atoms with E-state index in [0.717, 1.165) is 23.9 Å². The van der Waals surface area contributed by atoms with Gasteiger partial charge in [-0.05, 0) is 38.1 Å². The van der Waals surface area contributed by atoms with Crippen molar-refractivity contribution in [3.05, 3.63) is 65.7 Å². The van der Waals surface area contributed by atoms with Crippen LogP contribution in [-0.4, -0.2) is 59.5 Å². The van der Waals surface area contributed by atoms with Crippen LogP contribution in [0.2, 0.25) is 0 Å². The normalized spacial score (nSPS) is 19.6. The first kappa shape index (κ1) is 28.3. The molecular formula is C23H26F2N4O6S2. The van der Waals surface area contributed by atoms with Crippen molar-refractivity contribution < 1.29 is 36.7 Å². The number of carboxylic acids is 1. The van der Waals surface area contributed by atoms with Gasteiger partial charge in [-0.1, -0.05) is 24.3 Å². The number of hydrogen-bond donors (Lipinski definition) is 5. The summed E-state index contributed by atoms with van der Waals surface area (Å²) >= 11 is 1.02. The zero-order valence-corrected chi connectivity index (χ0v) is 21.5. The molecule has 3 atom stereocenters. The van der Waals surface area contributed by atoms with Gasteiger partial charge in [0.15, 0.2) is 4.71 Å². The van der Waals surface area contributed by atoms with Crippen LogP contribution < -0.4 is 21.3 Å². The Morgan fingerprint density at radius 2 is 1.68 bits per heavy atom. The maximum Gasteiger partial charge on any atom is 0.328 e. The highest BCUT2D eigenvalue weighted by molar-refractivity contribution is 8.14. The lowest BCUT2D eigenvalue weighted by atomic mass is 10.0. The van der Waals surface area contributed by atoms with Crippen molar-refractivity contribution in [3.63, 3.8) is 0 Å². The van der Waals surface area contributed by atoms with Crippen molar-refractivity contribution in [3.8, 4) is 0 Å². The topological polar surface area (TPSA) is 154 Å². The second-order valence-electron chi connectivity index (χ2n) is 8.67. The number of rotatable bonds is 9. The SMILES string of the molecule is CC1(C)SC(S(=O)(=O)c2ccccc2)NC1C(=O)NC(CNC(=O)NCc1c(F)cccc1F)C(=O)O. The number of carbonyl (C=O) groups is 3. The lowest BCUT2D eigenvalue weighted by Gasteiger charge is -2.25. The van der Waals surface area contributed by atoms with Crippen molar-refractivity contribution in [2.45, 2.75) is 46.8 Å². The lowest BCUT2D eigenvalue weighted by Crippen LogP contribution is -2.57. The van der Waals surface area contributed by atoms with E-state index in [0.29, 0.717) is 0 Å². The minimum absolute atomic E-state index is 0.0748. The molecular weight excluding hydrogens is 530 g/mol. The van der Waals surface area contributed by atoms with Crippen LogP contribution in [0, 0.1) is 11.6 Å². The molecule has 200 valence electrons. The Morgan fingerprint density at radius 3 is 2.27 bits per heavy atom. The third-order valence-corrected chi connectivity index (χ3v) is 9.46. The van der Waals surface area contributed by atoms with Crippen molar-refractivity contribution in [1.29, 1.82) is 0 Å². The maximum atomic E-state index is 13.7. The number of sulfone groups is 1. The summed E-state index contributed by atoms with van der Waals surface area (Å²) in [5.41, 5.74) is -0.368. The fourth-order valence-electron chi connectivity index (χ4n) is 3.58. The third-order valence-electron chi connectivity index (χ3n) is 5.59. The van der Waals surface area contributed by atoms with Crippen LogP contribution in [-0.2, 0) is 26.0 Å². The predicted octanol–water partition coefficient (Wildman–Crippen LogP) is 1.57. The molecule has 3 unspecified atom stereocenters. The molecule has 0 saturated carbocycles. The molecule has 0 aromatic heterocycles. The van der Waals surface area contributed by atoms with E-state index in [4.69, 9.17) is 0 Å². The molecule has 1 heterocycles. The summed E-state index contributed by atoms with van der Waals surface area (Å²) in [5, 5.41) is 19.0. The number of amides is 3. The molecule has 0 aliphatic carbocycles. The van der Waals surface area contributed by atoms with Gasteiger partial charge in [0, 0.05) is 10.3 Å². The van der Waals surface area contributed by atoms with Gasteiger partial charge in [0.2, 0.25) is 15.7 Å². The molecule has 0 spiro atoms. The molecule has 2 aromatic carbocycles. The molecule has 0 bridgehead atoms. The fourth-order valence-corrected chi connectivity index (χ4v) is 7.33. The van der Waals surface area contributed by atoms with Gasteiger partial charge in [0.25, 0.3) is 0 Å². The quantitative estimate of drug-likeness (QED) is 0.312. The number of benzene rings is 2. The van der Waals surface area contributed by atoms with Gasteiger partial charge in [-0.15, -0.1) is 11.8 Å². The van der Waals surface area contributed by atoms with Gasteiger partial charge in [0.05, 0.1) is 18.0 Å².